The van der Waals surface area contributed by atoms with Crippen molar-refractivity contribution in [2.45, 2.75) is 32.6 Å². The van der Waals surface area contributed by atoms with E-state index in [9.17, 15) is 0 Å². The molecule has 1 radical (unpaired) electrons. The van der Waals surface area contributed by atoms with Crippen LogP contribution in [0, 0.1) is 6.07 Å². The van der Waals surface area contributed by atoms with Crippen LogP contribution in [0.1, 0.15) is 32.6 Å². The van der Waals surface area contributed by atoms with Gasteiger partial charge in [-0.25, -0.2) is 15.0 Å². The molecule has 0 spiro atoms. The van der Waals surface area contributed by atoms with E-state index in [1.165, 1.54) is 19.3 Å². The molecule has 0 saturated heterocycles. The van der Waals surface area contributed by atoms with Crippen LogP contribution in [0.25, 0.3) is 34.2 Å². The Balaban J connectivity index is 1.61. The van der Waals surface area contributed by atoms with Crippen LogP contribution in [0.5, 0.6) is 5.75 Å². The summed E-state index contributed by atoms with van der Waals surface area (Å²) in [6.45, 7) is 2.94. The van der Waals surface area contributed by atoms with Crippen LogP contribution in [0.3, 0.4) is 0 Å². The van der Waals surface area contributed by atoms with Crippen molar-refractivity contribution in [1.29, 1.82) is 0 Å². The average molecular weight is 409 g/mol. The second-order valence-electron chi connectivity index (χ2n) is 7.39. The molecule has 0 atom stereocenters. The standard InChI is InChI=1S/C27H26N3O/c1-2-3-4-11-20-31-24-18-16-23(17-19-24)27-29-25(21-12-7-5-8-13-21)28-26(30-27)22-14-9-6-10-15-22/h5-10,12-16,18-19H,2-4,11,20H2,1H3. The first kappa shape index (κ1) is 20.7. The molecule has 0 fully saturated rings. The van der Waals surface area contributed by atoms with Gasteiger partial charge in [-0.1, -0.05) is 86.8 Å². The van der Waals surface area contributed by atoms with Gasteiger partial charge in [-0.2, -0.15) is 0 Å². The first-order valence-electron chi connectivity index (χ1n) is 10.9. The average Bonchev–Trinajstić information content (AvgIpc) is 2.85. The van der Waals surface area contributed by atoms with Gasteiger partial charge in [-0.3, -0.25) is 0 Å². The Bertz CT molecular complexity index is 1020. The van der Waals surface area contributed by atoms with Crippen molar-refractivity contribution in [3.8, 4) is 39.9 Å². The van der Waals surface area contributed by atoms with E-state index in [1.807, 2.05) is 78.9 Å². The molecule has 4 aromatic rings. The van der Waals surface area contributed by atoms with Gasteiger partial charge in [-0.05, 0) is 30.7 Å². The topological polar surface area (TPSA) is 47.9 Å². The summed E-state index contributed by atoms with van der Waals surface area (Å²) in [6.07, 6.45) is 4.75. The van der Waals surface area contributed by atoms with Crippen LogP contribution in [0.15, 0.2) is 78.9 Å². The quantitative estimate of drug-likeness (QED) is 0.292. The van der Waals surface area contributed by atoms with Crippen molar-refractivity contribution in [2.75, 3.05) is 6.61 Å². The zero-order valence-electron chi connectivity index (χ0n) is 17.8. The minimum absolute atomic E-state index is 0.599. The summed E-state index contributed by atoms with van der Waals surface area (Å²) < 4.78 is 5.85. The zero-order valence-corrected chi connectivity index (χ0v) is 17.8. The second-order valence-corrected chi connectivity index (χ2v) is 7.39. The highest BCUT2D eigenvalue weighted by atomic mass is 16.5. The van der Waals surface area contributed by atoms with E-state index >= 15 is 0 Å². The molecular formula is C27H26N3O. The molecule has 0 N–H and O–H groups in total. The molecule has 0 amide bonds. The molecule has 4 nitrogen and oxygen atoms in total. The van der Waals surface area contributed by atoms with Gasteiger partial charge in [0.2, 0.25) is 0 Å². The van der Waals surface area contributed by atoms with Gasteiger partial charge in [0.15, 0.2) is 17.5 Å². The molecule has 0 aliphatic carbocycles. The highest BCUT2D eigenvalue weighted by molar-refractivity contribution is 5.66. The summed E-state index contributed by atoms with van der Waals surface area (Å²) in [4.78, 5) is 14.2. The molecule has 1 heterocycles. The van der Waals surface area contributed by atoms with Crippen molar-refractivity contribution in [1.82, 2.24) is 15.0 Å². The van der Waals surface area contributed by atoms with Gasteiger partial charge in [0, 0.05) is 16.7 Å². The molecule has 3 aromatic carbocycles. The van der Waals surface area contributed by atoms with Crippen LogP contribution in [-0.2, 0) is 0 Å². The monoisotopic (exact) mass is 408 g/mol. The lowest BCUT2D eigenvalue weighted by atomic mass is 10.1. The second kappa shape index (κ2) is 10.5. The zero-order chi connectivity index (χ0) is 21.3. The summed E-state index contributed by atoms with van der Waals surface area (Å²) in [5, 5.41) is 0. The summed E-state index contributed by atoms with van der Waals surface area (Å²) >= 11 is 0. The predicted molar refractivity (Wildman–Crippen MR) is 125 cm³/mol. The summed E-state index contributed by atoms with van der Waals surface area (Å²) in [6, 6.07) is 29.0. The van der Waals surface area contributed by atoms with E-state index in [0.717, 1.165) is 35.5 Å². The van der Waals surface area contributed by atoms with E-state index in [2.05, 4.69) is 13.0 Å². The van der Waals surface area contributed by atoms with Gasteiger partial charge in [-0.15, -0.1) is 0 Å². The maximum absolute atomic E-state index is 5.85. The Hall–Kier alpha value is -3.53. The molecule has 0 bridgehead atoms. The van der Waals surface area contributed by atoms with Crippen molar-refractivity contribution < 1.29 is 4.74 Å². The number of rotatable bonds is 9. The van der Waals surface area contributed by atoms with Crippen LogP contribution >= 0.6 is 0 Å². The van der Waals surface area contributed by atoms with Gasteiger partial charge < -0.3 is 4.74 Å². The van der Waals surface area contributed by atoms with Crippen LogP contribution in [0.4, 0.5) is 0 Å². The molecule has 0 saturated carbocycles. The Morgan fingerprint density at radius 3 is 1.84 bits per heavy atom. The normalized spacial score (nSPS) is 10.7. The maximum atomic E-state index is 5.85. The third-order valence-electron chi connectivity index (χ3n) is 4.99. The smallest absolute Gasteiger partial charge is 0.164 e. The van der Waals surface area contributed by atoms with E-state index in [1.54, 1.807) is 0 Å². The lowest BCUT2D eigenvalue weighted by Crippen LogP contribution is -2.00. The van der Waals surface area contributed by atoms with Crippen LogP contribution < -0.4 is 4.74 Å². The maximum Gasteiger partial charge on any atom is 0.164 e. The minimum atomic E-state index is 0.599. The Kier molecular flexibility index (Phi) is 7.01. The first-order valence-corrected chi connectivity index (χ1v) is 10.9. The van der Waals surface area contributed by atoms with E-state index < -0.39 is 0 Å². The van der Waals surface area contributed by atoms with E-state index in [-0.39, 0.29) is 0 Å². The molecule has 0 aliphatic heterocycles. The van der Waals surface area contributed by atoms with Gasteiger partial charge in [0.1, 0.15) is 5.75 Å². The minimum Gasteiger partial charge on any atom is -0.494 e. The highest BCUT2D eigenvalue weighted by Gasteiger charge is 2.12. The number of unbranched alkanes of at least 4 members (excludes halogenated alkanes) is 3. The van der Waals surface area contributed by atoms with Gasteiger partial charge in [0.05, 0.1) is 6.61 Å². The fraction of sp³-hybridized carbons (Fsp3) is 0.222. The molecule has 4 rings (SSSR count). The van der Waals surface area contributed by atoms with E-state index in [4.69, 9.17) is 19.7 Å². The number of ether oxygens (including phenoxy) is 1. The van der Waals surface area contributed by atoms with Crippen molar-refractivity contribution in [3.63, 3.8) is 0 Å². The summed E-state index contributed by atoms with van der Waals surface area (Å²) in [5.74, 6) is 2.71. The fourth-order valence-electron chi connectivity index (χ4n) is 3.29. The number of hydrogen-bond acceptors (Lipinski definition) is 4. The third kappa shape index (κ3) is 5.54. The van der Waals surface area contributed by atoms with Crippen LogP contribution in [-0.4, -0.2) is 21.6 Å². The number of hydrogen-bond donors (Lipinski definition) is 0. The molecule has 31 heavy (non-hydrogen) atoms. The molecule has 0 unspecified atom stereocenters. The summed E-state index contributed by atoms with van der Waals surface area (Å²) in [7, 11) is 0. The Morgan fingerprint density at radius 1 is 0.677 bits per heavy atom. The molecule has 4 heteroatoms. The van der Waals surface area contributed by atoms with Crippen molar-refractivity contribution in [3.05, 3.63) is 84.9 Å². The van der Waals surface area contributed by atoms with Crippen LogP contribution in [0.2, 0.25) is 0 Å². The SMILES string of the molecule is CCCCCCOc1c[c]c(-c2nc(-c3ccccc3)nc(-c3ccccc3)n2)cc1. The predicted octanol–water partition coefficient (Wildman–Crippen LogP) is 6.63. The highest BCUT2D eigenvalue weighted by Crippen LogP contribution is 2.25. The largest absolute Gasteiger partial charge is 0.494 e. The first-order chi connectivity index (χ1) is 15.3. The van der Waals surface area contributed by atoms with Crippen molar-refractivity contribution >= 4 is 0 Å². The van der Waals surface area contributed by atoms with E-state index in [0.29, 0.717) is 17.5 Å². The third-order valence-corrected chi connectivity index (χ3v) is 4.99. The number of aromatic nitrogens is 3. The summed E-state index contributed by atoms with van der Waals surface area (Å²) in [5.41, 5.74) is 2.72. The fourth-order valence-corrected chi connectivity index (χ4v) is 3.29. The molecule has 0 aliphatic rings. The molecule has 1 aromatic heterocycles. The lowest BCUT2D eigenvalue weighted by molar-refractivity contribution is 0.305. The van der Waals surface area contributed by atoms with Gasteiger partial charge >= 0.3 is 0 Å². The lowest BCUT2D eigenvalue weighted by Gasteiger charge is -2.09. The van der Waals surface area contributed by atoms with Crippen molar-refractivity contribution in [2.24, 2.45) is 0 Å². The molecule has 155 valence electrons. The number of benzene rings is 3. The Labute approximate surface area is 184 Å². The number of nitrogens with zero attached hydrogens (tertiary/aromatic N) is 3. The Morgan fingerprint density at radius 2 is 1.29 bits per heavy atom. The van der Waals surface area contributed by atoms with Gasteiger partial charge in [0.25, 0.3) is 0 Å². The molecular weight excluding hydrogens is 382 g/mol.